The van der Waals surface area contributed by atoms with Crippen molar-refractivity contribution in [3.8, 4) is 0 Å². The van der Waals surface area contributed by atoms with Crippen molar-refractivity contribution >= 4 is 32.8 Å². The number of benzene rings is 3. The van der Waals surface area contributed by atoms with Gasteiger partial charge in [-0.3, -0.25) is 5.43 Å². The summed E-state index contributed by atoms with van der Waals surface area (Å²) >= 11 is 3.16. The maximum atomic E-state index is 13.4. The van der Waals surface area contributed by atoms with Gasteiger partial charge in [0.15, 0.2) is 0 Å². The molecule has 2 N–H and O–H groups in total. The van der Waals surface area contributed by atoms with E-state index >= 15 is 0 Å². The van der Waals surface area contributed by atoms with Crippen molar-refractivity contribution < 1.29 is 22.7 Å². The Bertz CT molecular complexity index is 988. The maximum absolute atomic E-state index is 13.4. The molecule has 4 nitrogen and oxygen atoms in total. The third-order valence-corrected chi connectivity index (χ3v) is 4.90. The second kappa shape index (κ2) is 8.84. The first-order valence-corrected chi connectivity index (χ1v) is 9.57. The summed E-state index contributed by atoms with van der Waals surface area (Å²) in [6.07, 6.45) is -8.33. The van der Waals surface area contributed by atoms with Gasteiger partial charge in [-0.25, -0.2) is 10.2 Å². The van der Waals surface area contributed by atoms with Crippen LogP contribution < -0.4 is 10.9 Å². The fraction of sp³-hybridized carbons (Fsp3) is 0.190. The zero-order chi connectivity index (χ0) is 21.0. The van der Waals surface area contributed by atoms with Crippen molar-refractivity contribution in [1.29, 1.82) is 0 Å². The highest BCUT2D eigenvalue weighted by Crippen LogP contribution is 2.36. The molecule has 0 saturated carbocycles. The summed E-state index contributed by atoms with van der Waals surface area (Å²) < 4.78 is 45.4. The first-order chi connectivity index (χ1) is 13.8. The zero-order valence-corrected chi connectivity index (χ0v) is 16.9. The summed E-state index contributed by atoms with van der Waals surface area (Å²) in [5.41, 5.74) is 5.64. The molecule has 0 bridgehead atoms. The Kier molecular flexibility index (Phi) is 6.44. The van der Waals surface area contributed by atoms with Gasteiger partial charge in [0, 0.05) is 16.1 Å². The Hall–Kier alpha value is -2.58. The first kappa shape index (κ1) is 21.1. The van der Waals surface area contributed by atoms with Crippen LogP contribution in [-0.2, 0) is 4.74 Å². The molecule has 3 rings (SSSR count). The summed E-state index contributed by atoms with van der Waals surface area (Å²) in [5.74, 6) is 0. The van der Waals surface area contributed by atoms with E-state index in [1.54, 1.807) is 6.92 Å². The molecular weight excluding hydrogens is 449 g/mol. The number of hydrazine groups is 1. The molecule has 0 radical (unpaired) electrons. The lowest BCUT2D eigenvalue weighted by molar-refractivity contribution is -0.206. The molecule has 0 heterocycles. The number of hydrogen-bond donors (Lipinski definition) is 2. The van der Waals surface area contributed by atoms with Crippen molar-refractivity contribution in [2.24, 2.45) is 0 Å². The Labute approximate surface area is 174 Å². The molecule has 8 heteroatoms. The third kappa shape index (κ3) is 5.27. The van der Waals surface area contributed by atoms with E-state index in [-0.39, 0.29) is 11.6 Å². The number of fused-ring (bicyclic) bond motifs is 1. The normalized spacial score (nSPS) is 13.7. The van der Waals surface area contributed by atoms with Crippen LogP contribution in [-0.4, -0.2) is 12.3 Å². The number of carbonyl (C=O) groups is 1. The highest BCUT2D eigenvalue weighted by atomic mass is 79.9. The van der Waals surface area contributed by atoms with E-state index in [9.17, 15) is 18.0 Å². The van der Waals surface area contributed by atoms with Crippen molar-refractivity contribution in [2.75, 3.05) is 0 Å². The quantitative estimate of drug-likeness (QED) is 0.440. The van der Waals surface area contributed by atoms with E-state index in [0.717, 1.165) is 16.3 Å². The van der Waals surface area contributed by atoms with E-state index < -0.39 is 18.4 Å². The molecule has 0 fully saturated rings. The van der Waals surface area contributed by atoms with E-state index in [4.69, 9.17) is 0 Å². The molecular formula is C21H18BrF3N2O2. The van der Waals surface area contributed by atoms with Crippen LogP contribution in [0.1, 0.15) is 30.2 Å². The topological polar surface area (TPSA) is 50.4 Å². The van der Waals surface area contributed by atoms with Gasteiger partial charge in [0.1, 0.15) is 0 Å². The maximum Gasteiger partial charge on any atom is 0.429 e. The van der Waals surface area contributed by atoms with Crippen LogP contribution in [0.15, 0.2) is 71.2 Å². The van der Waals surface area contributed by atoms with E-state index in [2.05, 4.69) is 31.5 Å². The Morgan fingerprint density at radius 1 is 1.00 bits per heavy atom. The zero-order valence-electron chi connectivity index (χ0n) is 15.3. The van der Waals surface area contributed by atoms with Gasteiger partial charge in [0.2, 0.25) is 6.10 Å². The lowest BCUT2D eigenvalue weighted by atomic mass is 10.0. The summed E-state index contributed by atoms with van der Waals surface area (Å²) in [6.45, 7) is 1.79. The molecule has 0 aliphatic heterocycles. The van der Waals surface area contributed by atoms with Crippen LogP contribution in [0.3, 0.4) is 0 Å². The number of carbonyl (C=O) groups excluding carboxylic acids is 1. The minimum atomic E-state index is -4.74. The number of rotatable bonds is 5. The summed E-state index contributed by atoms with van der Waals surface area (Å²) in [7, 11) is 0. The number of hydrogen-bond acceptors (Lipinski definition) is 3. The van der Waals surface area contributed by atoms with Gasteiger partial charge in [-0.05, 0) is 35.4 Å². The standard InChI is InChI=1S/C21H18BrF3N2O2/c1-13(17-8-4-6-14-5-2-3-7-18(14)17)26-27-20(28)29-19(21(23,24)25)15-9-11-16(22)12-10-15/h2-13,19,26H,1H3,(H,27,28)/t13-,19-/m0/s1. The van der Waals surface area contributed by atoms with Crippen LogP contribution in [0.2, 0.25) is 0 Å². The SMILES string of the molecule is C[C@H](NNC(=O)O[C@@H](c1ccc(Br)cc1)C(F)(F)F)c1cccc2ccccc12. The largest absolute Gasteiger partial charge is 0.431 e. The second-order valence-corrected chi connectivity index (χ2v) is 7.35. The van der Waals surface area contributed by atoms with Crippen LogP contribution in [0, 0.1) is 0 Å². The van der Waals surface area contributed by atoms with Crippen molar-refractivity contribution in [2.45, 2.75) is 25.2 Å². The number of halogens is 4. The van der Waals surface area contributed by atoms with E-state index in [1.165, 1.54) is 24.3 Å². The fourth-order valence-corrected chi connectivity index (χ4v) is 3.24. The fourth-order valence-electron chi connectivity index (χ4n) is 2.97. The smallest absolute Gasteiger partial charge is 0.429 e. The highest BCUT2D eigenvalue weighted by Gasteiger charge is 2.44. The Morgan fingerprint density at radius 3 is 2.34 bits per heavy atom. The number of alkyl halides is 3. The van der Waals surface area contributed by atoms with Crippen molar-refractivity contribution in [3.63, 3.8) is 0 Å². The van der Waals surface area contributed by atoms with Gasteiger partial charge in [-0.1, -0.05) is 70.5 Å². The molecule has 3 aromatic rings. The second-order valence-electron chi connectivity index (χ2n) is 6.44. The van der Waals surface area contributed by atoms with E-state index in [0.29, 0.717) is 4.47 Å². The molecule has 0 aliphatic carbocycles. The summed E-state index contributed by atoms with van der Waals surface area (Å²) in [5, 5.41) is 2.00. The lowest BCUT2D eigenvalue weighted by Crippen LogP contribution is -2.41. The van der Waals surface area contributed by atoms with Crippen LogP contribution >= 0.6 is 15.9 Å². The average Bonchev–Trinajstić information content (AvgIpc) is 2.70. The molecule has 152 valence electrons. The predicted molar refractivity (Wildman–Crippen MR) is 108 cm³/mol. The van der Waals surface area contributed by atoms with Crippen molar-refractivity contribution in [3.05, 3.63) is 82.3 Å². The molecule has 0 spiro atoms. The van der Waals surface area contributed by atoms with Crippen LogP contribution in [0.5, 0.6) is 0 Å². The molecule has 0 aromatic heterocycles. The molecule has 29 heavy (non-hydrogen) atoms. The number of amides is 1. The molecule has 0 saturated heterocycles. The van der Waals surface area contributed by atoms with Gasteiger partial charge < -0.3 is 4.74 Å². The Balaban J connectivity index is 1.68. The molecule has 0 aliphatic rings. The minimum Gasteiger partial charge on any atom is -0.431 e. The highest BCUT2D eigenvalue weighted by molar-refractivity contribution is 9.10. The van der Waals surface area contributed by atoms with Gasteiger partial charge in [0.25, 0.3) is 0 Å². The van der Waals surface area contributed by atoms with E-state index in [1.807, 2.05) is 42.5 Å². The van der Waals surface area contributed by atoms with Crippen molar-refractivity contribution in [1.82, 2.24) is 10.9 Å². The van der Waals surface area contributed by atoms with Gasteiger partial charge in [0.05, 0.1) is 0 Å². The number of ether oxygens (including phenoxy) is 1. The summed E-state index contributed by atoms with van der Waals surface area (Å²) in [4.78, 5) is 12.0. The minimum absolute atomic E-state index is 0.169. The molecule has 3 aromatic carbocycles. The molecule has 1 amide bonds. The summed E-state index contributed by atoms with van der Waals surface area (Å²) in [6, 6.07) is 18.5. The van der Waals surface area contributed by atoms with Gasteiger partial charge >= 0.3 is 12.3 Å². The molecule has 2 atom stereocenters. The average molecular weight is 467 g/mol. The van der Waals surface area contributed by atoms with Crippen LogP contribution in [0.4, 0.5) is 18.0 Å². The monoisotopic (exact) mass is 466 g/mol. The first-order valence-electron chi connectivity index (χ1n) is 8.77. The van der Waals surface area contributed by atoms with Gasteiger partial charge in [-0.15, -0.1) is 0 Å². The number of nitrogens with one attached hydrogen (secondary N) is 2. The van der Waals surface area contributed by atoms with Crippen LogP contribution in [0.25, 0.3) is 10.8 Å². The molecule has 0 unspecified atom stereocenters. The third-order valence-electron chi connectivity index (χ3n) is 4.38. The Morgan fingerprint density at radius 2 is 1.66 bits per heavy atom. The lowest BCUT2D eigenvalue weighted by Gasteiger charge is -2.22. The predicted octanol–water partition coefficient (Wildman–Crippen LogP) is 6.20. The van der Waals surface area contributed by atoms with Gasteiger partial charge in [-0.2, -0.15) is 13.2 Å².